The summed E-state index contributed by atoms with van der Waals surface area (Å²) in [6, 6.07) is 0.997. The van der Waals surface area contributed by atoms with E-state index in [9.17, 15) is 9.59 Å². The van der Waals surface area contributed by atoms with Gasteiger partial charge in [0.1, 0.15) is 5.60 Å². The topological polar surface area (TPSA) is 70.7 Å². The molecule has 0 aromatic heterocycles. The van der Waals surface area contributed by atoms with Crippen molar-refractivity contribution in [3.63, 3.8) is 0 Å². The first kappa shape index (κ1) is 16.1. The number of carbonyl (C=O) groups excluding carboxylic acids is 2. The number of hydrogen-bond donors (Lipinski definition) is 2. The van der Waals surface area contributed by atoms with Crippen LogP contribution in [0.4, 0.5) is 4.79 Å². The molecule has 1 unspecified atom stereocenters. The number of piperidine rings is 1. The van der Waals surface area contributed by atoms with Crippen LogP contribution in [-0.4, -0.2) is 54.2 Å². The monoisotopic (exact) mass is 297 g/mol. The van der Waals surface area contributed by atoms with Gasteiger partial charge < -0.3 is 20.3 Å². The van der Waals surface area contributed by atoms with Gasteiger partial charge in [0.2, 0.25) is 5.91 Å². The molecular formula is C15H27N3O3. The highest BCUT2D eigenvalue weighted by Crippen LogP contribution is 2.22. The lowest BCUT2D eigenvalue weighted by atomic mass is 9.85. The lowest BCUT2D eigenvalue weighted by Gasteiger charge is -2.40. The van der Waals surface area contributed by atoms with E-state index in [1.807, 2.05) is 27.8 Å². The van der Waals surface area contributed by atoms with Gasteiger partial charge in [-0.15, -0.1) is 0 Å². The van der Waals surface area contributed by atoms with Crippen molar-refractivity contribution in [1.29, 1.82) is 0 Å². The molecule has 0 aromatic rings. The fourth-order valence-corrected chi connectivity index (χ4v) is 2.83. The van der Waals surface area contributed by atoms with Crippen LogP contribution < -0.4 is 10.6 Å². The van der Waals surface area contributed by atoms with E-state index in [4.69, 9.17) is 4.74 Å². The first-order valence-electron chi connectivity index (χ1n) is 7.72. The average molecular weight is 297 g/mol. The summed E-state index contributed by atoms with van der Waals surface area (Å²) in [5, 5.41) is 6.46. The second kappa shape index (κ2) is 6.22. The summed E-state index contributed by atoms with van der Waals surface area (Å²) in [5.41, 5.74) is -0.454. The zero-order valence-corrected chi connectivity index (χ0v) is 13.4. The van der Waals surface area contributed by atoms with Crippen LogP contribution in [0.15, 0.2) is 0 Å². The van der Waals surface area contributed by atoms with E-state index in [0.29, 0.717) is 18.5 Å². The minimum absolute atomic E-state index is 0.195. The van der Waals surface area contributed by atoms with Gasteiger partial charge in [-0.25, -0.2) is 4.79 Å². The van der Waals surface area contributed by atoms with Gasteiger partial charge in [-0.05, 0) is 40.0 Å². The molecular weight excluding hydrogens is 270 g/mol. The Morgan fingerprint density at radius 2 is 1.90 bits per heavy atom. The maximum Gasteiger partial charge on any atom is 0.407 e. The van der Waals surface area contributed by atoms with Crippen LogP contribution in [0.1, 0.15) is 46.5 Å². The Morgan fingerprint density at radius 3 is 2.48 bits per heavy atom. The highest BCUT2D eigenvalue weighted by Gasteiger charge is 2.34. The third-order valence-corrected chi connectivity index (χ3v) is 3.96. The van der Waals surface area contributed by atoms with Crippen molar-refractivity contribution in [2.75, 3.05) is 13.6 Å². The van der Waals surface area contributed by atoms with E-state index in [1.165, 1.54) is 0 Å². The van der Waals surface area contributed by atoms with E-state index < -0.39 is 5.60 Å². The van der Waals surface area contributed by atoms with Crippen molar-refractivity contribution in [2.45, 2.75) is 70.2 Å². The molecule has 0 radical (unpaired) electrons. The summed E-state index contributed by atoms with van der Waals surface area (Å²) in [5.74, 6) is 0.228. The number of nitrogens with zero attached hydrogens (tertiary/aromatic N) is 1. The van der Waals surface area contributed by atoms with Crippen molar-refractivity contribution in [2.24, 2.45) is 0 Å². The van der Waals surface area contributed by atoms with Gasteiger partial charge in [0, 0.05) is 38.1 Å². The number of nitrogens with one attached hydrogen (secondary N) is 2. The molecule has 6 heteroatoms. The van der Waals surface area contributed by atoms with Crippen molar-refractivity contribution in [3.8, 4) is 0 Å². The Kier molecular flexibility index (Phi) is 4.76. The van der Waals surface area contributed by atoms with Crippen LogP contribution in [0.3, 0.4) is 0 Å². The first-order chi connectivity index (χ1) is 9.73. The highest BCUT2D eigenvalue weighted by molar-refractivity contribution is 5.76. The number of alkyl carbamates (subject to hydrolysis) is 1. The van der Waals surface area contributed by atoms with Crippen LogP contribution in [-0.2, 0) is 9.53 Å². The summed E-state index contributed by atoms with van der Waals surface area (Å²) in [4.78, 5) is 24.9. The fraction of sp³-hybridized carbons (Fsp3) is 0.867. The molecule has 2 fully saturated rings. The number of likely N-dealkylation sites (N-methyl/N-ethyl adjacent to an activating group) is 1. The third kappa shape index (κ3) is 4.88. The van der Waals surface area contributed by atoms with E-state index in [2.05, 4.69) is 10.6 Å². The predicted octanol–water partition coefficient (Wildman–Crippen LogP) is 1.25. The molecule has 1 atom stereocenters. The molecule has 1 saturated heterocycles. The summed E-state index contributed by atoms with van der Waals surface area (Å²) < 4.78 is 5.24. The number of likely N-dealkylation sites (tertiary alicyclic amines) is 1. The van der Waals surface area contributed by atoms with Crippen molar-refractivity contribution >= 4 is 12.0 Å². The predicted molar refractivity (Wildman–Crippen MR) is 80.0 cm³/mol. The van der Waals surface area contributed by atoms with Gasteiger partial charge in [0.15, 0.2) is 0 Å². The normalized spacial score (nSPS) is 29.8. The summed E-state index contributed by atoms with van der Waals surface area (Å²) in [6.45, 7) is 6.36. The maximum atomic E-state index is 11.6. The summed E-state index contributed by atoms with van der Waals surface area (Å²) in [6.07, 6.45) is 3.04. The van der Waals surface area contributed by atoms with Gasteiger partial charge in [0.05, 0.1) is 0 Å². The standard InChI is InChI=1S/C15H27N3O3/c1-15(2,3)21-14(20)17-12-7-11(8-12)16-10-5-6-13(19)18(4)9-10/h10-12,16H,5-9H2,1-4H3,(H,17,20). The molecule has 2 aliphatic rings. The van der Waals surface area contributed by atoms with Gasteiger partial charge in [-0.2, -0.15) is 0 Å². The molecule has 1 saturated carbocycles. The molecule has 1 aliphatic heterocycles. The molecule has 1 aliphatic carbocycles. The molecule has 0 spiro atoms. The Balaban J connectivity index is 1.63. The van der Waals surface area contributed by atoms with E-state index in [1.54, 1.807) is 4.90 Å². The van der Waals surface area contributed by atoms with Gasteiger partial charge in [-0.1, -0.05) is 0 Å². The lowest BCUT2D eigenvalue weighted by molar-refractivity contribution is -0.132. The lowest BCUT2D eigenvalue weighted by Crippen LogP contribution is -2.58. The molecule has 0 aromatic carbocycles. The Labute approximate surface area is 126 Å². The molecule has 2 rings (SSSR count). The minimum atomic E-state index is -0.454. The molecule has 120 valence electrons. The van der Waals surface area contributed by atoms with E-state index in [-0.39, 0.29) is 18.0 Å². The number of hydrogen-bond acceptors (Lipinski definition) is 4. The average Bonchev–Trinajstić information content (AvgIpc) is 2.28. The van der Waals surface area contributed by atoms with Crippen molar-refractivity contribution in [1.82, 2.24) is 15.5 Å². The highest BCUT2D eigenvalue weighted by atomic mass is 16.6. The number of rotatable bonds is 3. The van der Waals surface area contributed by atoms with Crippen LogP contribution in [0.2, 0.25) is 0 Å². The van der Waals surface area contributed by atoms with Crippen LogP contribution in [0, 0.1) is 0 Å². The Hall–Kier alpha value is -1.30. The fourth-order valence-electron chi connectivity index (χ4n) is 2.83. The quantitative estimate of drug-likeness (QED) is 0.822. The van der Waals surface area contributed by atoms with Gasteiger partial charge >= 0.3 is 6.09 Å². The summed E-state index contributed by atoms with van der Waals surface area (Å²) in [7, 11) is 1.85. The van der Waals surface area contributed by atoms with Crippen molar-refractivity contribution < 1.29 is 14.3 Å². The zero-order chi connectivity index (χ0) is 15.6. The van der Waals surface area contributed by atoms with Crippen LogP contribution >= 0.6 is 0 Å². The third-order valence-electron chi connectivity index (χ3n) is 3.96. The zero-order valence-electron chi connectivity index (χ0n) is 13.4. The maximum absolute atomic E-state index is 11.6. The Morgan fingerprint density at radius 1 is 1.24 bits per heavy atom. The molecule has 6 nitrogen and oxygen atoms in total. The molecule has 1 heterocycles. The van der Waals surface area contributed by atoms with Crippen molar-refractivity contribution in [3.05, 3.63) is 0 Å². The Bertz CT molecular complexity index is 399. The van der Waals surface area contributed by atoms with Crippen LogP contribution in [0.25, 0.3) is 0 Å². The van der Waals surface area contributed by atoms with E-state index in [0.717, 1.165) is 25.8 Å². The van der Waals surface area contributed by atoms with Crippen LogP contribution in [0.5, 0.6) is 0 Å². The summed E-state index contributed by atoms with van der Waals surface area (Å²) >= 11 is 0. The largest absolute Gasteiger partial charge is 0.444 e. The molecule has 2 N–H and O–H groups in total. The number of amides is 2. The van der Waals surface area contributed by atoms with Gasteiger partial charge in [-0.3, -0.25) is 4.79 Å². The second-order valence-corrected chi connectivity index (χ2v) is 7.19. The van der Waals surface area contributed by atoms with Gasteiger partial charge in [0.25, 0.3) is 0 Å². The second-order valence-electron chi connectivity index (χ2n) is 7.19. The molecule has 21 heavy (non-hydrogen) atoms. The number of ether oxygens (including phenoxy) is 1. The minimum Gasteiger partial charge on any atom is -0.444 e. The SMILES string of the molecule is CN1CC(NC2CC(NC(=O)OC(C)(C)C)C2)CCC1=O. The first-order valence-corrected chi connectivity index (χ1v) is 7.72. The number of carbonyl (C=O) groups is 2. The molecule has 2 amide bonds. The van der Waals surface area contributed by atoms with E-state index >= 15 is 0 Å². The molecule has 0 bridgehead atoms. The smallest absolute Gasteiger partial charge is 0.407 e.